The Bertz CT molecular complexity index is 1170. The van der Waals surface area contributed by atoms with Gasteiger partial charge in [-0.1, -0.05) is 18.2 Å². The summed E-state index contributed by atoms with van der Waals surface area (Å²) in [6.45, 7) is 2.06. The van der Waals surface area contributed by atoms with Crippen molar-refractivity contribution in [3.63, 3.8) is 0 Å². The van der Waals surface area contributed by atoms with Crippen LogP contribution in [0.3, 0.4) is 0 Å². The molecule has 2 aliphatic heterocycles. The molecule has 7 nitrogen and oxygen atoms in total. The highest BCUT2D eigenvalue weighted by molar-refractivity contribution is 6.06. The molecule has 0 radical (unpaired) electrons. The zero-order valence-corrected chi connectivity index (χ0v) is 17.4. The third-order valence-electron chi connectivity index (χ3n) is 5.77. The second kappa shape index (κ2) is 8.51. The van der Waals surface area contributed by atoms with Gasteiger partial charge in [0, 0.05) is 25.8 Å². The van der Waals surface area contributed by atoms with Crippen molar-refractivity contribution in [1.29, 1.82) is 0 Å². The van der Waals surface area contributed by atoms with Crippen molar-refractivity contribution in [3.05, 3.63) is 71.4 Å². The number of hydrogen-bond acceptors (Lipinski definition) is 7. The van der Waals surface area contributed by atoms with Gasteiger partial charge in [-0.25, -0.2) is 24.6 Å². The maximum atomic E-state index is 14.0. The quantitative estimate of drug-likeness (QED) is 0.479. The van der Waals surface area contributed by atoms with Gasteiger partial charge in [0.1, 0.15) is 5.82 Å². The van der Waals surface area contributed by atoms with Crippen LogP contribution in [-0.4, -0.2) is 28.9 Å². The van der Waals surface area contributed by atoms with Gasteiger partial charge < -0.3 is 15.2 Å². The van der Waals surface area contributed by atoms with Gasteiger partial charge in [-0.3, -0.25) is 0 Å². The summed E-state index contributed by atoms with van der Waals surface area (Å²) in [4.78, 5) is 18.3. The average Bonchev–Trinajstić information content (AvgIpc) is 2.96. The normalized spacial score (nSPS) is 15.5. The molecular formula is C23H23F2N7. The first-order chi connectivity index (χ1) is 15.6. The molecule has 1 saturated heterocycles. The maximum absolute atomic E-state index is 14.0. The van der Waals surface area contributed by atoms with E-state index in [0.29, 0.717) is 34.4 Å². The molecular weight excluding hydrogens is 412 g/mol. The molecule has 0 bridgehead atoms. The number of anilines is 3. The standard InChI is InChI=1S/C23H23F2N7/c24-17-9-8-15(12-18(17)25)14-32-20-7-3-2-6-19(20)28-21(30-26)16-13-27-23(29-22(16)32)31-10-4-1-5-11-31/h2-3,6-9,12-13H,1,4-5,10-11,14,26H2,(H,28,30). The monoisotopic (exact) mass is 435 g/mol. The Morgan fingerprint density at radius 1 is 1.00 bits per heavy atom. The first kappa shape index (κ1) is 20.3. The number of aliphatic imine (C=N–C) groups is 1. The van der Waals surface area contributed by atoms with Gasteiger partial charge in [-0.15, -0.1) is 0 Å². The minimum atomic E-state index is -0.886. The van der Waals surface area contributed by atoms with Crippen molar-refractivity contribution in [3.8, 4) is 0 Å². The van der Waals surface area contributed by atoms with Crippen molar-refractivity contribution >= 4 is 29.0 Å². The fraction of sp³-hybridized carbons (Fsp3) is 0.261. The Balaban J connectivity index is 1.65. The number of amidine groups is 1. The number of piperidine rings is 1. The molecule has 9 heteroatoms. The summed E-state index contributed by atoms with van der Waals surface area (Å²) >= 11 is 0. The molecule has 0 amide bonds. The molecule has 164 valence electrons. The third kappa shape index (κ3) is 3.75. The van der Waals surface area contributed by atoms with Crippen LogP contribution in [0.5, 0.6) is 0 Å². The highest BCUT2D eigenvalue weighted by atomic mass is 19.2. The maximum Gasteiger partial charge on any atom is 0.227 e. The number of fused-ring (bicyclic) bond motifs is 2. The number of nitrogens with two attached hydrogens (primary N) is 1. The lowest BCUT2D eigenvalue weighted by Crippen LogP contribution is -2.34. The number of nitrogens with zero attached hydrogens (tertiary/aromatic N) is 5. The molecule has 5 rings (SSSR count). The largest absolute Gasteiger partial charge is 0.341 e. The zero-order chi connectivity index (χ0) is 22.1. The van der Waals surface area contributed by atoms with Gasteiger partial charge in [0.25, 0.3) is 0 Å². The van der Waals surface area contributed by atoms with Crippen LogP contribution in [0.25, 0.3) is 0 Å². The van der Waals surface area contributed by atoms with E-state index >= 15 is 0 Å². The molecule has 0 spiro atoms. The highest BCUT2D eigenvalue weighted by Gasteiger charge is 2.27. The number of hydrogen-bond donors (Lipinski definition) is 2. The van der Waals surface area contributed by atoms with Gasteiger partial charge >= 0.3 is 0 Å². The topological polar surface area (TPSA) is 82.7 Å². The molecule has 32 heavy (non-hydrogen) atoms. The van der Waals surface area contributed by atoms with Crippen LogP contribution in [0.4, 0.5) is 31.9 Å². The van der Waals surface area contributed by atoms with Crippen LogP contribution in [0.15, 0.2) is 53.7 Å². The molecule has 0 unspecified atom stereocenters. The van der Waals surface area contributed by atoms with Crippen molar-refractivity contribution < 1.29 is 8.78 Å². The molecule has 3 heterocycles. The number of rotatable bonds is 3. The number of para-hydroxylation sites is 2. The van der Waals surface area contributed by atoms with E-state index in [-0.39, 0.29) is 6.54 Å². The summed E-state index contributed by atoms with van der Waals surface area (Å²) in [5, 5.41) is 0. The van der Waals surface area contributed by atoms with Gasteiger partial charge in [0.2, 0.25) is 5.95 Å². The van der Waals surface area contributed by atoms with Crippen LogP contribution in [-0.2, 0) is 6.54 Å². The Labute approximate surface area is 184 Å². The summed E-state index contributed by atoms with van der Waals surface area (Å²) in [5.74, 6) is 5.71. The Morgan fingerprint density at radius 2 is 1.81 bits per heavy atom. The molecule has 2 aromatic carbocycles. The predicted molar refractivity (Wildman–Crippen MR) is 120 cm³/mol. The number of aromatic nitrogens is 2. The van der Waals surface area contributed by atoms with Crippen molar-refractivity contribution in [2.45, 2.75) is 25.8 Å². The van der Waals surface area contributed by atoms with Gasteiger partial charge in [-0.05, 0) is 49.1 Å². The second-order valence-electron chi connectivity index (χ2n) is 7.88. The van der Waals surface area contributed by atoms with Crippen LogP contribution in [0.1, 0.15) is 30.4 Å². The fourth-order valence-corrected chi connectivity index (χ4v) is 4.16. The molecule has 0 atom stereocenters. The number of halogens is 2. The fourth-order valence-electron chi connectivity index (χ4n) is 4.16. The summed E-state index contributed by atoms with van der Waals surface area (Å²) in [5.41, 5.74) is 5.36. The van der Waals surface area contributed by atoms with E-state index < -0.39 is 11.6 Å². The average molecular weight is 435 g/mol. The highest BCUT2D eigenvalue weighted by Crippen LogP contribution is 2.39. The minimum Gasteiger partial charge on any atom is -0.341 e. The molecule has 0 aliphatic carbocycles. The van der Waals surface area contributed by atoms with Crippen molar-refractivity contribution in [2.24, 2.45) is 10.8 Å². The molecule has 3 N–H and O–H groups in total. The lowest BCUT2D eigenvalue weighted by atomic mass is 10.1. The molecule has 1 aromatic heterocycles. The lowest BCUT2D eigenvalue weighted by molar-refractivity contribution is 0.507. The van der Waals surface area contributed by atoms with E-state index in [1.165, 1.54) is 12.5 Å². The van der Waals surface area contributed by atoms with E-state index in [1.54, 1.807) is 12.3 Å². The first-order valence-corrected chi connectivity index (χ1v) is 10.6. The summed E-state index contributed by atoms with van der Waals surface area (Å²) < 4.78 is 27.5. The van der Waals surface area contributed by atoms with Crippen LogP contribution >= 0.6 is 0 Å². The summed E-state index contributed by atoms with van der Waals surface area (Å²) in [7, 11) is 0. The van der Waals surface area contributed by atoms with Crippen LogP contribution in [0.2, 0.25) is 0 Å². The second-order valence-corrected chi connectivity index (χ2v) is 7.88. The minimum absolute atomic E-state index is 0.269. The Kier molecular flexibility index (Phi) is 5.40. The summed E-state index contributed by atoms with van der Waals surface area (Å²) in [6.07, 6.45) is 5.11. The van der Waals surface area contributed by atoms with E-state index in [1.807, 2.05) is 29.2 Å². The number of nitrogens with one attached hydrogen (secondary N) is 1. The Hall–Kier alpha value is -3.59. The zero-order valence-electron chi connectivity index (χ0n) is 17.4. The van der Waals surface area contributed by atoms with Crippen molar-refractivity contribution in [2.75, 3.05) is 22.9 Å². The van der Waals surface area contributed by atoms with Gasteiger partial charge in [0.15, 0.2) is 17.5 Å². The molecule has 0 saturated carbocycles. The predicted octanol–water partition coefficient (Wildman–Crippen LogP) is 3.94. The van der Waals surface area contributed by atoms with Crippen LogP contribution in [0, 0.1) is 11.6 Å². The lowest BCUT2D eigenvalue weighted by Gasteiger charge is -2.29. The first-order valence-electron chi connectivity index (χ1n) is 10.6. The van der Waals surface area contributed by atoms with Gasteiger partial charge in [-0.2, -0.15) is 4.98 Å². The van der Waals surface area contributed by atoms with E-state index in [9.17, 15) is 8.78 Å². The van der Waals surface area contributed by atoms with Crippen LogP contribution < -0.4 is 21.1 Å². The molecule has 3 aromatic rings. The van der Waals surface area contributed by atoms with Gasteiger partial charge in [0.05, 0.1) is 16.9 Å². The van der Waals surface area contributed by atoms with E-state index in [0.717, 1.165) is 37.7 Å². The van der Waals surface area contributed by atoms with Crippen molar-refractivity contribution in [1.82, 2.24) is 15.4 Å². The van der Waals surface area contributed by atoms with E-state index in [4.69, 9.17) is 10.8 Å². The molecule has 2 aliphatic rings. The van der Waals surface area contributed by atoms with E-state index in [2.05, 4.69) is 20.3 Å². The molecule has 1 fully saturated rings. The smallest absolute Gasteiger partial charge is 0.227 e. The SMILES string of the molecule is NNC1=Nc2ccccc2N(Cc2ccc(F)c(F)c2)c2nc(N3CCCCC3)ncc21. The Morgan fingerprint density at radius 3 is 2.59 bits per heavy atom. The number of hydrazine groups is 1. The number of benzene rings is 2. The third-order valence-corrected chi connectivity index (χ3v) is 5.77. The summed E-state index contributed by atoms with van der Waals surface area (Å²) in [6, 6.07) is 11.5.